The number of benzene rings is 1. The highest BCUT2D eigenvalue weighted by Gasteiger charge is 2.23. The number of aromatic nitrogens is 2. The van der Waals surface area contributed by atoms with E-state index in [1.165, 1.54) is 18.2 Å². The maximum absolute atomic E-state index is 13.7. The van der Waals surface area contributed by atoms with Gasteiger partial charge in [-0.25, -0.2) is 18.2 Å². The summed E-state index contributed by atoms with van der Waals surface area (Å²) >= 11 is 0. The zero-order chi connectivity index (χ0) is 20.5. The number of rotatable bonds is 7. The summed E-state index contributed by atoms with van der Waals surface area (Å²) in [6.45, 7) is 6.07. The molecular formula is C21H24F3N3O. The number of nitrogens with zero attached hydrogens (tertiary/aromatic N) is 1. The van der Waals surface area contributed by atoms with Crippen LogP contribution in [0.4, 0.5) is 13.2 Å². The average Bonchev–Trinajstić information content (AvgIpc) is 3.01. The van der Waals surface area contributed by atoms with Crippen LogP contribution in [0.25, 0.3) is 22.2 Å². The predicted octanol–water partition coefficient (Wildman–Crippen LogP) is 5.45. The molecule has 3 rings (SSSR count). The van der Waals surface area contributed by atoms with Gasteiger partial charge in [0.1, 0.15) is 23.8 Å². The number of H-pyrrole nitrogens is 1. The molecule has 1 aromatic carbocycles. The van der Waals surface area contributed by atoms with Crippen LogP contribution in [0.3, 0.4) is 0 Å². The highest BCUT2D eigenvalue weighted by Crippen LogP contribution is 2.36. The molecule has 3 N–H and O–H groups in total. The second-order valence-electron chi connectivity index (χ2n) is 7.85. The van der Waals surface area contributed by atoms with Crippen molar-refractivity contribution in [3.8, 4) is 16.9 Å². The van der Waals surface area contributed by atoms with Crippen LogP contribution < -0.4 is 10.5 Å². The van der Waals surface area contributed by atoms with Crippen LogP contribution in [0.15, 0.2) is 36.7 Å². The SMILES string of the molecule is CC(C)C[C@](C)(N)COc1ccc(-c2c[nH]c3ncc(F)cc23)cc1C(F)F. The molecule has 0 aliphatic heterocycles. The molecule has 0 bridgehead atoms. The number of hydrogen-bond donors (Lipinski definition) is 2. The maximum atomic E-state index is 13.7. The minimum atomic E-state index is -2.72. The summed E-state index contributed by atoms with van der Waals surface area (Å²) in [6, 6.07) is 5.87. The third-order valence-electron chi connectivity index (χ3n) is 4.49. The maximum Gasteiger partial charge on any atom is 0.267 e. The number of halogens is 3. The Bertz CT molecular complexity index is 967. The van der Waals surface area contributed by atoms with Gasteiger partial charge in [0.25, 0.3) is 6.43 Å². The van der Waals surface area contributed by atoms with Gasteiger partial charge in [-0.2, -0.15) is 0 Å². The van der Waals surface area contributed by atoms with Gasteiger partial charge in [0.15, 0.2) is 0 Å². The van der Waals surface area contributed by atoms with E-state index in [9.17, 15) is 13.2 Å². The van der Waals surface area contributed by atoms with Crippen molar-refractivity contribution in [1.29, 1.82) is 0 Å². The molecule has 1 atom stereocenters. The first kappa shape index (κ1) is 20.2. The van der Waals surface area contributed by atoms with Crippen molar-refractivity contribution in [2.45, 2.75) is 39.2 Å². The Hall–Kier alpha value is -2.54. The van der Waals surface area contributed by atoms with Crippen molar-refractivity contribution in [1.82, 2.24) is 9.97 Å². The van der Waals surface area contributed by atoms with Crippen LogP contribution in [0.1, 0.15) is 39.2 Å². The minimum absolute atomic E-state index is 0.100. The lowest BCUT2D eigenvalue weighted by Crippen LogP contribution is -2.43. The van der Waals surface area contributed by atoms with Crippen LogP contribution in [0, 0.1) is 11.7 Å². The van der Waals surface area contributed by atoms with Crippen molar-refractivity contribution in [2.75, 3.05) is 6.61 Å². The lowest BCUT2D eigenvalue weighted by molar-refractivity contribution is 0.140. The number of hydrogen-bond acceptors (Lipinski definition) is 3. The molecule has 0 saturated heterocycles. The molecule has 3 aromatic rings. The van der Waals surface area contributed by atoms with Gasteiger partial charge in [-0.1, -0.05) is 19.9 Å². The fraction of sp³-hybridized carbons (Fsp3) is 0.381. The molecule has 2 heterocycles. The zero-order valence-corrected chi connectivity index (χ0v) is 16.1. The summed E-state index contributed by atoms with van der Waals surface area (Å²) in [6.07, 6.45) is 0.722. The summed E-state index contributed by atoms with van der Waals surface area (Å²) in [5, 5.41) is 0.528. The molecule has 0 saturated carbocycles. The number of nitrogens with two attached hydrogens (primary N) is 1. The molecule has 0 amide bonds. The molecule has 0 unspecified atom stereocenters. The highest BCUT2D eigenvalue weighted by molar-refractivity contribution is 5.93. The Morgan fingerprint density at radius 3 is 2.68 bits per heavy atom. The van der Waals surface area contributed by atoms with Crippen LogP contribution >= 0.6 is 0 Å². The fourth-order valence-electron chi connectivity index (χ4n) is 3.47. The molecular weight excluding hydrogens is 367 g/mol. The van der Waals surface area contributed by atoms with E-state index in [1.54, 1.807) is 12.3 Å². The second-order valence-corrected chi connectivity index (χ2v) is 7.85. The number of ether oxygens (including phenoxy) is 1. The number of nitrogens with one attached hydrogen (secondary N) is 1. The van der Waals surface area contributed by atoms with E-state index in [2.05, 4.69) is 9.97 Å². The molecule has 0 aliphatic carbocycles. The Labute approximate surface area is 161 Å². The molecule has 0 radical (unpaired) electrons. The first-order valence-electron chi connectivity index (χ1n) is 9.13. The van der Waals surface area contributed by atoms with Crippen molar-refractivity contribution < 1.29 is 17.9 Å². The van der Waals surface area contributed by atoms with Gasteiger partial charge < -0.3 is 15.5 Å². The van der Waals surface area contributed by atoms with Crippen molar-refractivity contribution in [3.05, 3.63) is 48.0 Å². The largest absolute Gasteiger partial charge is 0.491 e. The fourth-order valence-corrected chi connectivity index (χ4v) is 3.47. The third-order valence-corrected chi connectivity index (χ3v) is 4.49. The number of aromatic amines is 1. The van der Waals surface area contributed by atoms with Crippen LogP contribution in [0.2, 0.25) is 0 Å². The van der Waals surface area contributed by atoms with Crippen molar-refractivity contribution in [2.24, 2.45) is 11.7 Å². The van der Waals surface area contributed by atoms with Gasteiger partial charge in [0, 0.05) is 22.7 Å². The van der Waals surface area contributed by atoms with Gasteiger partial charge in [0.05, 0.1) is 11.8 Å². The third kappa shape index (κ3) is 4.47. The van der Waals surface area contributed by atoms with E-state index in [-0.39, 0.29) is 17.9 Å². The molecule has 2 aromatic heterocycles. The Morgan fingerprint density at radius 1 is 1.25 bits per heavy atom. The summed E-state index contributed by atoms with van der Waals surface area (Å²) in [7, 11) is 0. The lowest BCUT2D eigenvalue weighted by Gasteiger charge is -2.27. The minimum Gasteiger partial charge on any atom is -0.491 e. The molecule has 28 heavy (non-hydrogen) atoms. The van der Waals surface area contributed by atoms with Crippen LogP contribution in [-0.2, 0) is 0 Å². The van der Waals surface area contributed by atoms with E-state index in [4.69, 9.17) is 10.5 Å². The summed E-state index contributed by atoms with van der Waals surface area (Å²) in [4.78, 5) is 6.89. The molecule has 4 nitrogen and oxygen atoms in total. The van der Waals surface area contributed by atoms with Crippen LogP contribution in [0.5, 0.6) is 5.75 Å². The van der Waals surface area contributed by atoms with Crippen molar-refractivity contribution in [3.63, 3.8) is 0 Å². The smallest absolute Gasteiger partial charge is 0.267 e. The Balaban J connectivity index is 1.92. The second kappa shape index (κ2) is 7.83. The van der Waals surface area contributed by atoms with E-state index in [0.29, 0.717) is 34.5 Å². The lowest BCUT2D eigenvalue weighted by atomic mass is 9.93. The van der Waals surface area contributed by atoms with E-state index in [1.807, 2.05) is 20.8 Å². The van der Waals surface area contributed by atoms with Crippen molar-refractivity contribution >= 4 is 11.0 Å². The number of alkyl halides is 2. The quantitative estimate of drug-likeness (QED) is 0.563. The van der Waals surface area contributed by atoms with Gasteiger partial charge in [0.2, 0.25) is 0 Å². The first-order valence-corrected chi connectivity index (χ1v) is 9.13. The van der Waals surface area contributed by atoms with Gasteiger partial charge >= 0.3 is 0 Å². The molecule has 150 valence electrons. The first-order chi connectivity index (χ1) is 13.2. The standard InChI is InChI=1S/C21H24F3N3O/c1-12(2)8-21(3,25)11-28-18-5-4-13(6-16(18)19(23)24)17-10-27-20-15(17)7-14(22)9-26-20/h4-7,9-10,12,19H,8,11,25H2,1-3H3,(H,26,27)/t21-/m0/s1. The van der Waals surface area contributed by atoms with E-state index in [0.717, 1.165) is 6.20 Å². The molecule has 7 heteroatoms. The van der Waals surface area contributed by atoms with Crippen LogP contribution in [-0.4, -0.2) is 22.1 Å². The monoisotopic (exact) mass is 391 g/mol. The summed E-state index contributed by atoms with van der Waals surface area (Å²) in [5.74, 6) is -0.0236. The average molecular weight is 391 g/mol. The molecule has 0 fully saturated rings. The van der Waals surface area contributed by atoms with E-state index < -0.39 is 17.8 Å². The Kier molecular flexibility index (Phi) is 5.65. The molecule has 0 aliphatic rings. The van der Waals surface area contributed by atoms with Gasteiger partial charge in [-0.05, 0) is 43.0 Å². The number of pyridine rings is 1. The van der Waals surface area contributed by atoms with Gasteiger partial charge in [-0.3, -0.25) is 0 Å². The molecule has 0 spiro atoms. The topological polar surface area (TPSA) is 63.9 Å². The predicted molar refractivity (Wildman–Crippen MR) is 104 cm³/mol. The number of fused-ring (bicyclic) bond motifs is 1. The summed E-state index contributed by atoms with van der Waals surface area (Å²) in [5.41, 5.74) is 6.98. The normalized spacial score (nSPS) is 14.0. The highest BCUT2D eigenvalue weighted by atomic mass is 19.3. The zero-order valence-electron chi connectivity index (χ0n) is 16.1. The Morgan fingerprint density at radius 2 is 2.00 bits per heavy atom. The van der Waals surface area contributed by atoms with Gasteiger partial charge in [-0.15, -0.1) is 0 Å². The van der Waals surface area contributed by atoms with E-state index >= 15 is 0 Å². The summed E-state index contributed by atoms with van der Waals surface area (Å²) < 4.78 is 46.5.